The van der Waals surface area contributed by atoms with Crippen LogP contribution in [0.15, 0.2) is 35.3 Å². The standard InChI is InChI=1S/C16H27N3O2.HI/c1-2-9-18-16(17)19-10-6-11-20-12-13-21-14-15-7-4-3-5-8-15;/h3-5,7-8H,2,6,9-14H2,1H3,(H3,17,18,19);1H. The smallest absolute Gasteiger partial charge is 0.188 e. The first-order valence-electron chi connectivity index (χ1n) is 7.56. The number of nitrogens with two attached hydrogens (primary N) is 1. The number of ether oxygens (including phenoxy) is 2. The third kappa shape index (κ3) is 11.8. The number of nitrogens with one attached hydrogen (secondary N) is 1. The van der Waals surface area contributed by atoms with E-state index >= 15 is 0 Å². The van der Waals surface area contributed by atoms with Crippen LogP contribution in [0.1, 0.15) is 25.3 Å². The summed E-state index contributed by atoms with van der Waals surface area (Å²) in [6, 6.07) is 10.1. The minimum Gasteiger partial charge on any atom is -0.379 e. The van der Waals surface area contributed by atoms with Gasteiger partial charge in [0.15, 0.2) is 5.96 Å². The Kier molecular flexibility index (Phi) is 14.5. The first-order chi connectivity index (χ1) is 10.3. The summed E-state index contributed by atoms with van der Waals surface area (Å²) < 4.78 is 11.0. The molecule has 0 aliphatic rings. The van der Waals surface area contributed by atoms with Crippen molar-refractivity contribution in [1.29, 1.82) is 0 Å². The fraction of sp³-hybridized carbons (Fsp3) is 0.562. The lowest BCUT2D eigenvalue weighted by atomic mass is 10.2. The molecule has 1 aromatic carbocycles. The Bertz CT molecular complexity index is 388. The predicted molar refractivity (Wildman–Crippen MR) is 102 cm³/mol. The summed E-state index contributed by atoms with van der Waals surface area (Å²) >= 11 is 0. The fourth-order valence-electron chi connectivity index (χ4n) is 1.66. The highest BCUT2D eigenvalue weighted by molar-refractivity contribution is 14.0. The van der Waals surface area contributed by atoms with Crippen molar-refractivity contribution in [1.82, 2.24) is 5.32 Å². The molecule has 0 aromatic heterocycles. The summed E-state index contributed by atoms with van der Waals surface area (Å²) in [5.74, 6) is 0.517. The summed E-state index contributed by atoms with van der Waals surface area (Å²) in [7, 11) is 0. The van der Waals surface area contributed by atoms with E-state index in [4.69, 9.17) is 15.2 Å². The van der Waals surface area contributed by atoms with Gasteiger partial charge < -0.3 is 20.5 Å². The maximum absolute atomic E-state index is 5.67. The summed E-state index contributed by atoms with van der Waals surface area (Å²) in [5, 5.41) is 3.06. The number of guanidine groups is 1. The fourth-order valence-corrected chi connectivity index (χ4v) is 1.66. The molecule has 1 rings (SSSR count). The Morgan fingerprint density at radius 2 is 1.86 bits per heavy atom. The van der Waals surface area contributed by atoms with Crippen molar-refractivity contribution in [3.63, 3.8) is 0 Å². The molecule has 0 amide bonds. The van der Waals surface area contributed by atoms with Crippen LogP contribution in [-0.4, -0.2) is 38.9 Å². The molecule has 22 heavy (non-hydrogen) atoms. The number of benzene rings is 1. The van der Waals surface area contributed by atoms with Crippen molar-refractivity contribution in [3.8, 4) is 0 Å². The Balaban J connectivity index is 0.00000441. The Labute approximate surface area is 150 Å². The van der Waals surface area contributed by atoms with Gasteiger partial charge in [0.05, 0.1) is 19.8 Å². The van der Waals surface area contributed by atoms with Crippen molar-refractivity contribution >= 4 is 29.9 Å². The number of rotatable bonds is 11. The molecule has 0 radical (unpaired) electrons. The normalized spacial score (nSPS) is 11.0. The van der Waals surface area contributed by atoms with Gasteiger partial charge in [-0.15, -0.1) is 24.0 Å². The van der Waals surface area contributed by atoms with E-state index in [1.165, 1.54) is 5.56 Å². The van der Waals surface area contributed by atoms with Crippen molar-refractivity contribution in [2.45, 2.75) is 26.4 Å². The van der Waals surface area contributed by atoms with Crippen LogP contribution >= 0.6 is 24.0 Å². The zero-order chi connectivity index (χ0) is 15.2. The molecular weight excluding hydrogens is 393 g/mol. The molecule has 0 unspecified atom stereocenters. The van der Waals surface area contributed by atoms with E-state index in [1.54, 1.807) is 0 Å². The van der Waals surface area contributed by atoms with Crippen molar-refractivity contribution in [2.75, 3.05) is 32.9 Å². The van der Waals surface area contributed by atoms with Crippen LogP contribution in [0.5, 0.6) is 0 Å². The average Bonchev–Trinajstić information content (AvgIpc) is 2.52. The van der Waals surface area contributed by atoms with Gasteiger partial charge in [0.1, 0.15) is 0 Å². The van der Waals surface area contributed by atoms with E-state index in [2.05, 4.69) is 29.4 Å². The lowest BCUT2D eigenvalue weighted by Crippen LogP contribution is -2.33. The van der Waals surface area contributed by atoms with Gasteiger partial charge in [-0.3, -0.25) is 4.99 Å². The number of halogens is 1. The molecule has 126 valence electrons. The summed E-state index contributed by atoms with van der Waals surface area (Å²) in [4.78, 5) is 4.15. The molecule has 0 spiro atoms. The minimum atomic E-state index is 0. The van der Waals surface area contributed by atoms with Crippen molar-refractivity contribution in [3.05, 3.63) is 35.9 Å². The van der Waals surface area contributed by atoms with Crippen molar-refractivity contribution < 1.29 is 9.47 Å². The van der Waals surface area contributed by atoms with Gasteiger partial charge >= 0.3 is 0 Å². The first kappa shape index (κ1) is 21.1. The van der Waals surface area contributed by atoms with E-state index in [0.29, 0.717) is 32.4 Å². The monoisotopic (exact) mass is 421 g/mol. The van der Waals surface area contributed by atoms with Gasteiger partial charge in [-0.25, -0.2) is 0 Å². The van der Waals surface area contributed by atoms with Gasteiger partial charge in [0.2, 0.25) is 0 Å². The lowest BCUT2D eigenvalue weighted by molar-refractivity contribution is 0.0401. The third-order valence-electron chi connectivity index (χ3n) is 2.76. The summed E-state index contributed by atoms with van der Waals surface area (Å²) in [6.07, 6.45) is 1.91. The summed E-state index contributed by atoms with van der Waals surface area (Å²) in [6.45, 7) is 6.19. The number of hydrogen-bond acceptors (Lipinski definition) is 3. The molecule has 0 aliphatic heterocycles. The lowest BCUT2D eigenvalue weighted by Gasteiger charge is -2.07. The molecule has 0 saturated carbocycles. The summed E-state index contributed by atoms with van der Waals surface area (Å²) in [5.41, 5.74) is 6.86. The second-order valence-electron chi connectivity index (χ2n) is 4.70. The predicted octanol–water partition coefficient (Wildman–Crippen LogP) is 2.54. The average molecular weight is 421 g/mol. The van der Waals surface area contributed by atoms with Gasteiger partial charge in [-0.05, 0) is 18.4 Å². The molecule has 0 fully saturated rings. The van der Waals surface area contributed by atoms with Gasteiger partial charge in [-0.1, -0.05) is 37.3 Å². The molecule has 0 bridgehead atoms. The Hall–Kier alpha value is -0.860. The highest BCUT2D eigenvalue weighted by Crippen LogP contribution is 1.99. The topological polar surface area (TPSA) is 68.9 Å². The second kappa shape index (κ2) is 15.1. The molecule has 1 aromatic rings. The molecule has 5 nitrogen and oxygen atoms in total. The first-order valence-corrected chi connectivity index (χ1v) is 7.56. The maximum Gasteiger partial charge on any atom is 0.188 e. The molecule has 6 heteroatoms. The molecular formula is C16H28IN3O2. The van der Waals surface area contributed by atoms with E-state index in [9.17, 15) is 0 Å². The Morgan fingerprint density at radius 3 is 2.59 bits per heavy atom. The van der Waals surface area contributed by atoms with Crippen LogP contribution in [0, 0.1) is 0 Å². The zero-order valence-electron chi connectivity index (χ0n) is 13.3. The molecule has 0 atom stereocenters. The SMILES string of the molecule is CCCN=C(N)NCCCOCCOCc1ccccc1.I. The van der Waals surface area contributed by atoms with E-state index in [1.807, 2.05) is 18.2 Å². The largest absolute Gasteiger partial charge is 0.379 e. The van der Waals surface area contributed by atoms with Crippen molar-refractivity contribution in [2.24, 2.45) is 10.7 Å². The van der Waals surface area contributed by atoms with Crippen LogP contribution in [0.4, 0.5) is 0 Å². The van der Waals surface area contributed by atoms with E-state index in [-0.39, 0.29) is 24.0 Å². The van der Waals surface area contributed by atoms with Crippen LogP contribution in [0.2, 0.25) is 0 Å². The zero-order valence-corrected chi connectivity index (χ0v) is 15.6. The third-order valence-corrected chi connectivity index (χ3v) is 2.76. The van der Waals surface area contributed by atoms with Crippen LogP contribution < -0.4 is 11.1 Å². The maximum atomic E-state index is 5.67. The van der Waals surface area contributed by atoms with Crippen LogP contribution in [0.25, 0.3) is 0 Å². The van der Waals surface area contributed by atoms with Gasteiger partial charge in [-0.2, -0.15) is 0 Å². The Morgan fingerprint density at radius 1 is 1.14 bits per heavy atom. The van der Waals surface area contributed by atoms with Crippen LogP contribution in [0.3, 0.4) is 0 Å². The molecule has 3 N–H and O–H groups in total. The van der Waals surface area contributed by atoms with Gasteiger partial charge in [0.25, 0.3) is 0 Å². The van der Waals surface area contributed by atoms with Gasteiger partial charge in [0, 0.05) is 19.7 Å². The molecule has 0 saturated heterocycles. The van der Waals surface area contributed by atoms with E-state index < -0.39 is 0 Å². The minimum absolute atomic E-state index is 0. The van der Waals surface area contributed by atoms with E-state index in [0.717, 1.165) is 25.9 Å². The molecule has 0 heterocycles. The second-order valence-corrected chi connectivity index (χ2v) is 4.70. The highest BCUT2D eigenvalue weighted by atomic mass is 127. The molecule has 0 aliphatic carbocycles. The highest BCUT2D eigenvalue weighted by Gasteiger charge is 1.94. The number of hydrogen-bond donors (Lipinski definition) is 2. The van der Waals surface area contributed by atoms with Crippen LogP contribution in [-0.2, 0) is 16.1 Å². The quantitative estimate of drug-likeness (QED) is 0.250. The number of aliphatic imine (C=N–C) groups is 1. The number of nitrogens with zero attached hydrogens (tertiary/aromatic N) is 1.